The van der Waals surface area contributed by atoms with E-state index in [9.17, 15) is 0 Å². The van der Waals surface area contributed by atoms with Gasteiger partial charge < -0.3 is 0 Å². The topological polar surface area (TPSA) is 0 Å². The smallest absolute Gasteiger partial charge is 0.0162 e. The molecule has 0 nitrogen and oxygen atoms in total. The van der Waals surface area contributed by atoms with Crippen molar-refractivity contribution < 1.29 is 0 Å². The van der Waals surface area contributed by atoms with Crippen molar-refractivity contribution in [1.82, 2.24) is 0 Å². The first-order valence-corrected chi connectivity index (χ1v) is 11.5. The van der Waals surface area contributed by atoms with E-state index in [0.717, 1.165) is 29.6 Å². The Morgan fingerprint density at radius 1 is 0.692 bits per heavy atom. The third kappa shape index (κ3) is 4.62. The minimum absolute atomic E-state index is 0.835. The first kappa shape index (κ1) is 18.3. The Kier molecular flexibility index (Phi) is 6.18. The molecule has 1 atom stereocenters. The summed E-state index contributed by atoms with van der Waals surface area (Å²) in [5, 5.41) is 0. The number of hydrogen-bond donors (Lipinski definition) is 0. The van der Waals surface area contributed by atoms with Crippen LogP contribution in [0.1, 0.15) is 94.1 Å². The third-order valence-corrected chi connectivity index (χ3v) is 7.93. The molecule has 3 aliphatic rings. The summed E-state index contributed by atoms with van der Waals surface area (Å²) >= 11 is 0. The predicted molar refractivity (Wildman–Crippen MR) is 112 cm³/mol. The van der Waals surface area contributed by atoms with E-state index in [1.54, 1.807) is 5.56 Å². The molecule has 0 amide bonds. The molecule has 0 radical (unpaired) electrons. The zero-order valence-electron chi connectivity index (χ0n) is 16.8. The van der Waals surface area contributed by atoms with Crippen molar-refractivity contribution in [3.8, 4) is 0 Å². The van der Waals surface area contributed by atoms with E-state index in [4.69, 9.17) is 0 Å². The highest BCUT2D eigenvalue weighted by atomic mass is 14.4. The minimum atomic E-state index is 0.835. The summed E-state index contributed by atoms with van der Waals surface area (Å²) < 4.78 is 0. The van der Waals surface area contributed by atoms with E-state index in [-0.39, 0.29) is 0 Å². The van der Waals surface area contributed by atoms with Gasteiger partial charge in [0.2, 0.25) is 0 Å². The molecule has 0 heteroatoms. The fraction of sp³-hybridized carbons (Fsp3) is 0.692. The van der Waals surface area contributed by atoms with E-state index in [1.807, 2.05) is 0 Å². The standard InChI is InChI=1S/C26H38/c1-20-7-13-24(14-8-20)26-17-11-22(12-18-26)19-21-9-15-25(16-10-21)23-5-3-2-4-6-23/h2-3,7-8,13-14,21-23,25-26H,4-6,9-12,15-19H2,1H3. The molecule has 1 aromatic carbocycles. The second kappa shape index (κ2) is 8.77. The zero-order chi connectivity index (χ0) is 17.8. The Labute approximate surface area is 161 Å². The lowest BCUT2D eigenvalue weighted by Gasteiger charge is -2.37. The number of allylic oxidation sites excluding steroid dienone is 2. The van der Waals surface area contributed by atoms with E-state index < -0.39 is 0 Å². The van der Waals surface area contributed by atoms with Crippen LogP contribution < -0.4 is 0 Å². The largest absolute Gasteiger partial charge is 0.0885 e. The Hall–Kier alpha value is -1.04. The molecule has 0 saturated heterocycles. The van der Waals surface area contributed by atoms with Gasteiger partial charge in [0.15, 0.2) is 0 Å². The molecule has 3 aliphatic carbocycles. The average Bonchev–Trinajstić information content (AvgIpc) is 2.71. The van der Waals surface area contributed by atoms with Gasteiger partial charge in [0, 0.05) is 0 Å². The fourth-order valence-electron chi connectivity index (χ4n) is 6.18. The van der Waals surface area contributed by atoms with Crippen LogP contribution in [0.4, 0.5) is 0 Å². The molecule has 26 heavy (non-hydrogen) atoms. The third-order valence-electron chi connectivity index (χ3n) is 7.93. The van der Waals surface area contributed by atoms with Crippen molar-refractivity contribution in [2.24, 2.45) is 23.7 Å². The average molecular weight is 351 g/mol. The van der Waals surface area contributed by atoms with Crippen LogP contribution in [-0.4, -0.2) is 0 Å². The van der Waals surface area contributed by atoms with Crippen LogP contribution in [0.3, 0.4) is 0 Å². The summed E-state index contributed by atoms with van der Waals surface area (Å²) in [6.45, 7) is 2.19. The van der Waals surface area contributed by atoms with Gasteiger partial charge in [0.25, 0.3) is 0 Å². The Balaban J connectivity index is 1.19. The Bertz CT molecular complexity index is 565. The van der Waals surface area contributed by atoms with E-state index in [0.29, 0.717) is 0 Å². The maximum Gasteiger partial charge on any atom is -0.0162 e. The molecule has 0 bridgehead atoms. The second-order valence-corrected chi connectivity index (χ2v) is 9.69. The molecule has 1 unspecified atom stereocenters. The lowest BCUT2D eigenvalue weighted by Crippen LogP contribution is -2.24. The first-order valence-electron chi connectivity index (χ1n) is 11.5. The SMILES string of the molecule is Cc1ccc(C2CCC(CC3CCC(C4CC=CCC4)CC3)CC2)cc1. The van der Waals surface area contributed by atoms with Gasteiger partial charge in [-0.25, -0.2) is 0 Å². The molecular formula is C26H38. The molecule has 0 aromatic heterocycles. The Morgan fingerprint density at radius 2 is 1.35 bits per heavy atom. The van der Waals surface area contributed by atoms with Crippen molar-refractivity contribution in [1.29, 1.82) is 0 Å². The highest BCUT2D eigenvalue weighted by Crippen LogP contribution is 2.43. The van der Waals surface area contributed by atoms with Gasteiger partial charge >= 0.3 is 0 Å². The highest BCUT2D eigenvalue weighted by Gasteiger charge is 2.30. The number of rotatable bonds is 4. The molecule has 0 aliphatic heterocycles. The molecular weight excluding hydrogens is 312 g/mol. The van der Waals surface area contributed by atoms with Crippen molar-refractivity contribution >= 4 is 0 Å². The van der Waals surface area contributed by atoms with Gasteiger partial charge in [-0.15, -0.1) is 0 Å². The van der Waals surface area contributed by atoms with Crippen LogP contribution in [0.15, 0.2) is 36.4 Å². The number of benzene rings is 1. The molecule has 0 N–H and O–H groups in total. The summed E-state index contributed by atoms with van der Waals surface area (Å²) in [6.07, 6.45) is 22.5. The lowest BCUT2D eigenvalue weighted by atomic mass is 9.69. The predicted octanol–water partition coefficient (Wildman–Crippen LogP) is 7.82. The molecule has 2 saturated carbocycles. The molecule has 0 spiro atoms. The quantitative estimate of drug-likeness (QED) is 0.485. The summed E-state index contributed by atoms with van der Waals surface area (Å²) in [6, 6.07) is 9.34. The summed E-state index contributed by atoms with van der Waals surface area (Å²) in [5.74, 6) is 4.98. The van der Waals surface area contributed by atoms with Gasteiger partial charge in [-0.2, -0.15) is 0 Å². The van der Waals surface area contributed by atoms with Crippen molar-refractivity contribution in [2.75, 3.05) is 0 Å². The maximum absolute atomic E-state index is 2.45. The molecule has 0 heterocycles. The van der Waals surface area contributed by atoms with Crippen LogP contribution in [0, 0.1) is 30.6 Å². The van der Waals surface area contributed by atoms with Crippen LogP contribution in [0.5, 0.6) is 0 Å². The first-order chi connectivity index (χ1) is 12.8. The maximum atomic E-state index is 2.45. The van der Waals surface area contributed by atoms with Crippen LogP contribution in [0.2, 0.25) is 0 Å². The fourth-order valence-corrected chi connectivity index (χ4v) is 6.18. The second-order valence-electron chi connectivity index (χ2n) is 9.69. The molecule has 1 aromatic rings. The van der Waals surface area contributed by atoms with Crippen molar-refractivity contribution in [3.05, 3.63) is 47.5 Å². The van der Waals surface area contributed by atoms with Crippen molar-refractivity contribution in [3.63, 3.8) is 0 Å². The summed E-state index contributed by atoms with van der Waals surface area (Å²) in [4.78, 5) is 0. The van der Waals surface area contributed by atoms with Crippen LogP contribution in [0.25, 0.3) is 0 Å². The van der Waals surface area contributed by atoms with Crippen LogP contribution in [-0.2, 0) is 0 Å². The molecule has 4 rings (SSSR count). The molecule has 142 valence electrons. The normalized spacial score (nSPS) is 35.3. The lowest BCUT2D eigenvalue weighted by molar-refractivity contribution is 0.164. The number of hydrogen-bond acceptors (Lipinski definition) is 0. The van der Waals surface area contributed by atoms with Gasteiger partial charge in [0.1, 0.15) is 0 Å². The van der Waals surface area contributed by atoms with Gasteiger partial charge in [0.05, 0.1) is 0 Å². The van der Waals surface area contributed by atoms with Crippen molar-refractivity contribution in [2.45, 2.75) is 89.9 Å². The number of aryl methyl sites for hydroxylation is 1. The minimum Gasteiger partial charge on any atom is -0.0885 e. The monoisotopic (exact) mass is 350 g/mol. The zero-order valence-corrected chi connectivity index (χ0v) is 16.8. The summed E-state index contributed by atoms with van der Waals surface area (Å²) in [7, 11) is 0. The van der Waals surface area contributed by atoms with Crippen LogP contribution >= 0.6 is 0 Å². The molecule has 2 fully saturated rings. The van der Waals surface area contributed by atoms with E-state index in [1.165, 1.54) is 82.6 Å². The van der Waals surface area contributed by atoms with E-state index in [2.05, 4.69) is 43.3 Å². The van der Waals surface area contributed by atoms with E-state index >= 15 is 0 Å². The highest BCUT2D eigenvalue weighted by molar-refractivity contribution is 5.24. The Morgan fingerprint density at radius 3 is 1.96 bits per heavy atom. The summed E-state index contributed by atoms with van der Waals surface area (Å²) in [5.41, 5.74) is 2.98. The van der Waals surface area contributed by atoms with Gasteiger partial charge in [-0.3, -0.25) is 0 Å². The van der Waals surface area contributed by atoms with Gasteiger partial charge in [-0.05, 0) is 106 Å². The van der Waals surface area contributed by atoms with Gasteiger partial charge in [-0.1, -0.05) is 54.8 Å².